The summed E-state index contributed by atoms with van der Waals surface area (Å²) in [4.78, 5) is 16.3. The van der Waals surface area contributed by atoms with Gasteiger partial charge < -0.3 is 25.4 Å². The molecule has 0 spiro atoms. The molecule has 0 aliphatic carbocycles. The number of nitrogens with one attached hydrogen (secondary N) is 3. The molecule has 0 fully saturated rings. The lowest BCUT2D eigenvalue weighted by molar-refractivity contribution is 0.251. The molecule has 7 nitrogen and oxygen atoms in total. The maximum atomic E-state index is 12.3. The Kier molecular flexibility index (Phi) is 6.76. The molecular weight excluding hydrogens is 392 g/mol. The lowest BCUT2D eigenvalue weighted by Crippen LogP contribution is -2.28. The fourth-order valence-corrected chi connectivity index (χ4v) is 2.85. The zero-order chi connectivity index (χ0) is 20.6. The predicted octanol–water partition coefficient (Wildman–Crippen LogP) is 4.82. The number of urea groups is 1. The standard InChI is InChI=1S/C21H21ClN4O3/c1-28-19-12-18(20(29-2)11-17(19)22)26-21(27)24-13-14-3-5-15(6-4-14)25-16-7-9-23-10-8-16/h3-12H,13H2,1-2H3,(H,23,25)(H2,24,26,27). The topological polar surface area (TPSA) is 84.5 Å². The summed E-state index contributed by atoms with van der Waals surface area (Å²) in [5, 5.41) is 9.24. The van der Waals surface area contributed by atoms with Crippen LogP contribution in [0.3, 0.4) is 0 Å². The number of ether oxygens (including phenoxy) is 2. The van der Waals surface area contributed by atoms with Gasteiger partial charge in [0.25, 0.3) is 0 Å². The number of nitrogens with zero attached hydrogens (tertiary/aromatic N) is 1. The third-order valence-corrected chi connectivity index (χ3v) is 4.39. The second-order valence-corrected chi connectivity index (χ2v) is 6.46. The Morgan fingerprint density at radius 1 is 0.966 bits per heavy atom. The zero-order valence-electron chi connectivity index (χ0n) is 16.0. The van der Waals surface area contributed by atoms with Crippen molar-refractivity contribution < 1.29 is 14.3 Å². The van der Waals surface area contributed by atoms with Crippen molar-refractivity contribution in [2.24, 2.45) is 0 Å². The van der Waals surface area contributed by atoms with Gasteiger partial charge in [0.15, 0.2) is 0 Å². The summed E-state index contributed by atoms with van der Waals surface area (Å²) in [6.45, 7) is 0.369. The average Bonchev–Trinajstić information content (AvgIpc) is 2.75. The van der Waals surface area contributed by atoms with Crippen LogP contribution in [0.25, 0.3) is 0 Å². The zero-order valence-corrected chi connectivity index (χ0v) is 16.8. The van der Waals surface area contributed by atoms with Crippen LogP contribution < -0.4 is 25.4 Å². The number of carbonyl (C=O) groups excluding carboxylic acids is 1. The third kappa shape index (κ3) is 5.52. The van der Waals surface area contributed by atoms with Gasteiger partial charge in [0, 0.05) is 42.4 Å². The number of hydrogen-bond acceptors (Lipinski definition) is 5. The lowest BCUT2D eigenvalue weighted by atomic mass is 10.2. The quantitative estimate of drug-likeness (QED) is 0.518. The van der Waals surface area contributed by atoms with Crippen LogP contribution in [0.1, 0.15) is 5.56 Å². The molecular formula is C21H21ClN4O3. The molecule has 0 radical (unpaired) electrons. The smallest absolute Gasteiger partial charge is 0.319 e. The molecule has 29 heavy (non-hydrogen) atoms. The highest BCUT2D eigenvalue weighted by molar-refractivity contribution is 6.32. The summed E-state index contributed by atoms with van der Waals surface area (Å²) in [6, 6.07) is 14.4. The number of carbonyl (C=O) groups is 1. The predicted molar refractivity (Wildman–Crippen MR) is 114 cm³/mol. The number of amides is 2. The molecule has 0 bridgehead atoms. The number of pyridine rings is 1. The van der Waals surface area contributed by atoms with Crippen LogP contribution in [0.15, 0.2) is 60.9 Å². The molecule has 8 heteroatoms. The van der Waals surface area contributed by atoms with Gasteiger partial charge in [-0.25, -0.2) is 4.79 Å². The van der Waals surface area contributed by atoms with E-state index in [0.717, 1.165) is 16.9 Å². The van der Waals surface area contributed by atoms with Gasteiger partial charge in [-0.15, -0.1) is 0 Å². The number of aromatic nitrogens is 1. The molecule has 150 valence electrons. The van der Waals surface area contributed by atoms with E-state index in [1.807, 2.05) is 36.4 Å². The van der Waals surface area contributed by atoms with E-state index in [-0.39, 0.29) is 6.03 Å². The maximum Gasteiger partial charge on any atom is 0.319 e. The lowest BCUT2D eigenvalue weighted by Gasteiger charge is -2.14. The van der Waals surface area contributed by atoms with E-state index in [4.69, 9.17) is 21.1 Å². The second kappa shape index (κ2) is 9.66. The highest BCUT2D eigenvalue weighted by Crippen LogP contribution is 2.35. The molecule has 0 saturated carbocycles. The van der Waals surface area contributed by atoms with Crippen LogP contribution >= 0.6 is 11.6 Å². The van der Waals surface area contributed by atoms with Crippen LogP contribution in [0, 0.1) is 0 Å². The van der Waals surface area contributed by atoms with Gasteiger partial charge in [-0.05, 0) is 29.8 Å². The summed E-state index contributed by atoms with van der Waals surface area (Å²) in [6.07, 6.45) is 3.45. The molecule has 0 aliphatic heterocycles. The number of rotatable bonds is 7. The molecule has 2 amide bonds. The Morgan fingerprint density at radius 2 is 1.62 bits per heavy atom. The number of halogens is 1. The second-order valence-electron chi connectivity index (χ2n) is 6.05. The minimum absolute atomic E-state index is 0.369. The van der Waals surface area contributed by atoms with Crippen molar-refractivity contribution >= 4 is 34.7 Å². The Balaban J connectivity index is 1.57. The van der Waals surface area contributed by atoms with Crippen molar-refractivity contribution in [3.05, 3.63) is 71.5 Å². The van der Waals surface area contributed by atoms with Crippen LogP contribution in [0.4, 0.5) is 21.9 Å². The van der Waals surface area contributed by atoms with Crippen molar-refractivity contribution in [2.75, 3.05) is 24.9 Å². The van der Waals surface area contributed by atoms with E-state index in [2.05, 4.69) is 20.9 Å². The highest BCUT2D eigenvalue weighted by atomic mass is 35.5. The van der Waals surface area contributed by atoms with E-state index in [9.17, 15) is 4.79 Å². The van der Waals surface area contributed by atoms with Gasteiger partial charge in [0.05, 0.1) is 24.9 Å². The van der Waals surface area contributed by atoms with E-state index in [1.165, 1.54) is 14.2 Å². The van der Waals surface area contributed by atoms with Gasteiger partial charge in [-0.3, -0.25) is 4.98 Å². The molecule has 3 N–H and O–H groups in total. The number of methoxy groups -OCH3 is 2. The first-order valence-electron chi connectivity index (χ1n) is 8.81. The first-order chi connectivity index (χ1) is 14.1. The first-order valence-corrected chi connectivity index (χ1v) is 9.19. The van der Waals surface area contributed by atoms with Gasteiger partial charge in [-0.1, -0.05) is 23.7 Å². The third-order valence-electron chi connectivity index (χ3n) is 4.10. The van der Waals surface area contributed by atoms with Gasteiger partial charge in [-0.2, -0.15) is 0 Å². The fraction of sp³-hybridized carbons (Fsp3) is 0.143. The molecule has 2 aromatic carbocycles. The molecule has 0 aliphatic rings. The average molecular weight is 413 g/mol. The Hall–Kier alpha value is -3.45. The van der Waals surface area contributed by atoms with Crippen molar-refractivity contribution in [3.63, 3.8) is 0 Å². The fourth-order valence-electron chi connectivity index (χ4n) is 2.61. The minimum atomic E-state index is -0.369. The summed E-state index contributed by atoms with van der Waals surface area (Å²) < 4.78 is 10.4. The first kappa shape index (κ1) is 20.3. The van der Waals surface area contributed by atoms with Crippen LogP contribution in [-0.4, -0.2) is 25.2 Å². The number of hydrogen-bond donors (Lipinski definition) is 3. The molecule has 1 aromatic heterocycles. The van der Waals surface area contributed by atoms with Gasteiger partial charge in [0.1, 0.15) is 11.5 Å². The summed E-state index contributed by atoms with van der Waals surface area (Å²) in [5.74, 6) is 0.887. The Labute approximate surface area is 174 Å². The van der Waals surface area contributed by atoms with Gasteiger partial charge >= 0.3 is 6.03 Å². The monoisotopic (exact) mass is 412 g/mol. The van der Waals surface area contributed by atoms with Crippen LogP contribution in [0.2, 0.25) is 5.02 Å². The van der Waals surface area contributed by atoms with E-state index >= 15 is 0 Å². The molecule has 0 unspecified atom stereocenters. The summed E-state index contributed by atoms with van der Waals surface area (Å²) >= 11 is 6.08. The van der Waals surface area contributed by atoms with E-state index in [1.54, 1.807) is 24.5 Å². The molecule has 0 saturated heterocycles. The number of benzene rings is 2. The molecule has 1 heterocycles. The van der Waals surface area contributed by atoms with E-state index < -0.39 is 0 Å². The van der Waals surface area contributed by atoms with Crippen molar-refractivity contribution in [3.8, 4) is 11.5 Å². The largest absolute Gasteiger partial charge is 0.495 e. The Bertz CT molecular complexity index is 966. The summed E-state index contributed by atoms with van der Waals surface area (Å²) in [5.41, 5.74) is 3.32. The van der Waals surface area contributed by atoms with Crippen molar-refractivity contribution in [1.82, 2.24) is 10.3 Å². The minimum Gasteiger partial charge on any atom is -0.495 e. The number of anilines is 3. The normalized spacial score (nSPS) is 10.2. The van der Waals surface area contributed by atoms with Gasteiger partial charge in [0.2, 0.25) is 0 Å². The van der Waals surface area contributed by atoms with E-state index in [0.29, 0.717) is 28.8 Å². The molecule has 0 atom stereocenters. The van der Waals surface area contributed by atoms with Crippen molar-refractivity contribution in [2.45, 2.75) is 6.54 Å². The van der Waals surface area contributed by atoms with Crippen LogP contribution in [0.5, 0.6) is 11.5 Å². The van der Waals surface area contributed by atoms with Crippen LogP contribution in [-0.2, 0) is 6.54 Å². The highest BCUT2D eigenvalue weighted by Gasteiger charge is 2.12. The Morgan fingerprint density at radius 3 is 2.28 bits per heavy atom. The molecule has 3 aromatic rings. The maximum absolute atomic E-state index is 12.3. The molecule has 3 rings (SSSR count). The van der Waals surface area contributed by atoms with Crippen molar-refractivity contribution in [1.29, 1.82) is 0 Å². The SMILES string of the molecule is COc1cc(NC(=O)NCc2ccc(Nc3ccncc3)cc2)c(OC)cc1Cl. The summed E-state index contributed by atoms with van der Waals surface area (Å²) in [7, 11) is 3.01.